The summed E-state index contributed by atoms with van der Waals surface area (Å²) in [6, 6.07) is 18.3. The molecular weight excluding hydrogens is 454 g/mol. The normalized spacial score (nSPS) is 15.6. The summed E-state index contributed by atoms with van der Waals surface area (Å²) in [5, 5.41) is 3.64. The Balaban J connectivity index is 1.48. The molecule has 1 heterocycles. The molecule has 35 heavy (non-hydrogen) atoms. The predicted octanol–water partition coefficient (Wildman–Crippen LogP) is 5.49. The highest BCUT2D eigenvalue weighted by atomic mass is 32.2. The second-order valence-corrected chi connectivity index (χ2v) is 10.7. The molecule has 0 unspecified atom stereocenters. The van der Waals surface area contributed by atoms with Gasteiger partial charge in [0, 0.05) is 24.1 Å². The van der Waals surface area contributed by atoms with Crippen LogP contribution in [0.1, 0.15) is 62.1 Å². The molecule has 0 atom stereocenters. The van der Waals surface area contributed by atoms with Crippen LogP contribution in [-0.2, 0) is 29.7 Å². The van der Waals surface area contributed by atoms with E-state index in [0.29, 0.717) is 18.2 Å². The lowest BCUT2D eigenvalue weighted by Gasteiger charge is -2.36. The van der Waals surface area contributed by atoms with E-state index >= 15 is 0 Å². The molecule has 5 nitrogen and oxygen atoms in total. The van der Waals surface area contributed by atoms with Crippen LogP contribution in [0.5, 0.6) is 0 Å². The zero-order chi connectivity index (χ0) is 24.3. The van der Waals surface area contributed by atoms with E-state index in [4.69, 9.17) is 4.98 Å². The Morgan fingerprint density at radius 1 is 1.09 bits per heavy atom. The summed E-state index contributed by atoms with van der Waals surface area (Å²) in [4.78, 5) is 31.8. The molecule has 0 radical (unpaired) electrons. The van der Waals surface area contributed by atoms with E-state index in [9.17, 15) is 9.59 Å². The largest absolute Gasteiger partial charge is 0.351 e. The molecule has 1 saturated carbocycles. The second-order valence-electron chi connectivity index (χ2n) is 9.80. The summed E-state index contributed by atoms with van der Waals surface area (Å²) in [5.41, 5.74) is 5.20. The van der Waals surface area contributed by atoms with E-state index in [0.717, 1.165) is 67.3 Å². The zero-order valence-electron chi connectivity index (χ0n) is 20.4. The molecule has 2 aliphatic rings. The number of aromatic nitrogens is 2. The topological polar surface area (TPSA) is 64.0 Å². The standard InChI is InChI=1S/C29H33N3O2S/c1-2-3-17-32-27(34)25-26(23-14-8-7-13-22(23)18-29(25)15-9-10-16-29)31-28(32)35-20-24(33)30-19-21-11-5-4-6-12-21/h4-8,11-14H,2-3,9-10,15-20H2,1H3,(H,30,33). The van der Waals surface area contributed by atoms with Crippen molar-refractivity contribution < 1.29 is 4.79 Å². The van der Waals surface area contributed by atoms with Crippen LogP contribution in [0.3, 0.4) is 0 Å². The van der Waals surface area contributed by atoms with Gasteiger partial charge in [0.2, 0.25) is 5.91 Å². The Hall–Kier alpha value is -2.86. The van der Waals surface area contributed by atoms with Crippen LogP contribution in [0.15, 0.2) is 64.5 Å². The van der Waals surface area contributed by atoms with Crippen LogP contribution in [0.25, 0.3) is 11.3 Å². The third kappa shape index (κ3) is 4.81. The van der Waals surface area contributed by atoms with Gasteiger partial charge in [-0.15, -0.1) is 0 Å². The summed E-state index contributed by atoms with van der Waals surface area (Å²) in [6.07, 6.45) is 7.26. The number of carbonyl (C=O) groups excluding carboxylic acids is 1. The van der Waals surface area contributed by atoms with Crippen molar-refractivity contribution in [3.8, 4) is 11.3 Å². The lowest BCUT2D eigenvalue weighted by molar-refractivity contribution is -0.118. The van der Waals surface area contributed by atoms with E-state index in [1.165, 1.54) is 17.3 Å². The van der Waals surface area contributed by atoms with Crippen LogP contribution < -0.4 is 10.9 Å². The number of hydrogen-bond acceptors (Lipinski definition) is 4. The van der Waals surface area contributed by atoms with Gasteiger partial charge < -0.3 is 5.32 Å². The maximum Gasteiger partial charge on any atom is 0.258 e. The molecule has 2 aromatic carbocycles. The van der Waals surface area contributed by atoms with Crippen LogP contribution in [0.4, 0.5) is 0 Å². The summed E-state index contributed by atoms with van der Waals surface area (Å²) >= 11 is 1.37. The van der Waals surface area contributed by atoms with Gasteiger partial charge in [0.25, 0.3) is 5.56 Å². The third-order valence-corrected chi connectivity index (χ3v) is 8.40. The molecule has 1 spiro atoms. The van der Waals surface area contributed by atoms with E-state index in [1.807, 2.05) is 41.0 Å². The molecule has 3 aromatic rings. The fourth-order valence-corrected chi connectivity index (χ4v) is 6.49. The third-order valence-electron chi connectivity index (χ3n) is 7.43. The zero-order valence-corrected chi connectivity index (χ0v) is 21.2. The van der Waals surface area contributed by atoms with E-state index in [-0.39, 0.29) is 22.6 Å². The van der Waals surface area contributed by atoms with Gasteiger partial charge in [0.15, 0.2) is 5.16 Å². The Morgan fingerprint density at radius 3 is 2.60 bits per heavy atom. The average molecular weight is 488 g/mol. The molecule has 1 amide bonds. The van der Waals surface area contributed by atoms with E-state index in [2.05, 4.69) is 30.4 Å². The molecule has 1 N–H and O–H groups in total. The minimum atomic E-state index is -0.0992. The smallest absolute Gasteiger partial charge is 0.258 e. The number of carbonyl (C=O) groups is 1. The Bertz CT molecular complexity index is 1260. The van der Waals surface area contributed by atoms with Crippen molar-refractivity contribution >= 4 is 17.7 Å². The minimum absolute atomic E-state index is 0.0551. The second kappa shape index (κ2) is 10.4. The molecule has 0 aliphatic heterocycles. The first-order chi connectivity index (χ1) is 17.1. The number of fused-ring (bicyclic) bond motifs is 4. The summed E-state index contributed by atoms with van der Waals surface area (Å²) in [5.74, 6) is 0.178. The van der Waals surface area contributed by atoms with Crippen LogP contribution in [0.2, 0.25) is 0 Å². The van der Waals surface area contributed by atoms with Crippen molar-refractivity contribution in [3.63, 3.8) is 0 Å². The monoisotopic (exact) mass is 487 g/mol. The van der Waals surface area contributed by atoms with Crippen molar-refractivity contribution in [1.82, 2.24) is 14.9 Å². The van der Waals surface area contributed by atoms with Gasteiger partial charge in [0.1, 0.15) is 0 Å². The van der Waals surface area contributed by atoms with Crippen molar-refractivity contribution in [1.29, 1.82) is 0 Å². The minimum Gasteiger partial charge on any atom is -0.351 e. The molecule has 2 aliphatic carbocycles. The van der Waals surface area contributed by atoms with Crippen molar-refractivity contribution in [2.75, 3.05) is 5.75 Å². The molecular formula is C29H33N3O2S. The first-order valence-electron chi connectivity index (χ1n) is 12.8. The molecule has 5 rings (SSSR count). The molecule has 0 saturated heterocycles. The fraction of sp³-hybridized carbons (Fsp3) is 0.414. The van der Waals surface area contributed by atoms with Gasteiger partial charge in [-0.3, -0.25) is 14.2 Å². The first-order valence-corrected chi connectivity index (χ1v) is 13.8. The highest BCUT2D eigenvalue weighted by Gasteiger charge is 2.44. The number of thioether (sulfide) groups is 1. The molecule has 0 bridgehead atoms. The Morgan fingerprint density at radius 2 is 1.83 bits per heavy atom. The molecule has 1 fully saturated rings. The Labute approximate surface area is 211 Å². The molecule has 182 valence electrons. The van der Waals surface area contributed by atoms with Gasteiger partial charge in [-0.05, 0) is 36.8 Å². The lowest BCUT2D eigenvalue weighted by atomic mass is 9.68. The van der Waals surface area contributed by atoms with Gasteiger partial charge in [-0.2, -0.15) is 0 Å². The number of hydrogen-bond donors (Lipinski definition) is 1. The van der Waals surface area contributed by atoms with Gasteiger partial charge in [-0.25, -0.2) is 4.98 Å². The highest BCUT2D eigenvalue weighted by Crippen LogP contribution is 2.49. The number of benzene rings is 2. The lowest BCUT2D eigenvalue weighted by Crippen LogP contribution is -2.40. The van der Waals surface area contributed by atoms with Gasteiger partial charge >= 0.3 is 0 Å². The van der Waals surface area contributed by atoms with Crippen LogP contribution in [-0.4, -0.2) is 21.2 Å². The maximum absolute atomic E-state index is 14.1. The maximum atomic E-state index is 14.1. The van der Waals surface area contributed by atoms with Gasteiger partial charge in [0.05, 0.1) is 17.0 Å². The summed E-state index contributed by atoms with van der Waals surface area (Å²) in [6.45, 7) is 3.27. The quantitative estimate of drug-likeness (QED) is 0.337. The summed E-state index contributed by atoms with van der Waals surface area (Å²) < 4.78 is 1.85. The average Bonchev–Trinajstić information content (AvgIpc) is 3.34. The SMILES string of the molecule is CCCCn1c(SCC(=O)NCc2ccccc2)nc2c(c1=O)C1(CCCC1)Cc1ccccc1-2. The molecule has 6 heteroatoms. The number of nitrogens with one attached hydrogen (secondary N) is 1. The predicted molar refractivity (Wildman–Crippen MR) is 142 cm³/mol. The molecule has 1 aromatic heterocycles. The van der Waals surface area contributed by atoms with Crippen LogP contribution >= 0.6 is 11.8 Å². The highest BCUT2D eigenvalue weighted by molar-refractivity contribution is 7.99. The number of amides is 1. The Kier molecular flexibility index (Phi) is 7.09. The van der Waals surface area contributed by atoms with Gasteiger partial charge in [-0.1, -0.05) is 92.5 Å². The number of unbranched alkanes of at least 4 members (excludes halogenated alkanes) is 1. The summed E-state index contributed by atoms with van der Waals surface area (Å²) in [7, 11) is 0. The van der Waals surface area contributed by atoms with E-state index in [1.54, 1.807) is 0 Å². The number of nitrogens with zero attached hydrogens (tertiary/aromatic N) is 2. The first kappa shape index (κ1) is 23.9. The fourth-order valence-electron chi connectivity index (χ4n) is 5.65. The van der Waals surface area contributed by atoms with E-state index < -0.39 is 0 Å². The van der Waals surface area contributed by atoms with Crippen molar-refractivity contribution in [2.45, 2.75) is 75.5 Å². The van der Waals surface area contributed by atoms with Crippen molar-refractivity contribution in [2.24, 2.45) is 0 Å². The number of rotatable bonds is 8. The van der Waals surface area contributed by atoms with Crippen molar-refractivity contribution in [3.05, 3.63) is 81.6 Å². The van der Waals surface area contributed by atoms with Crippen LogP contribution in [0, 0.1) is 0 Å².